The lowest BCUT2D eigenvalue weighted by Crippen LogP contribution is -2.15. The Morgan fingerprint density at radius 3 is 2.24 bits per heavy atom. The topological polar surface area (TPSA) is 43.1 Å². The third-order valence-corrected chi connectivity index (χ3v) is 2.99. The van der Waals surface area contributed by atoms with Gasteiger partial charge in [0.1, 0.15) is 0 Å². The van der Waals surface area contributed by atoms with Crippen molar-refractivity contribution in [2.24, 2.45) is 5.73 Å². The maximum Gasteiger partial charge on any atom is 0.248 e. The van der Waals surface area contributed by atoms with Crippen molar-refractivity contribution in [3.63, 3.8) is 0 Å². The van der Waals surface area contributed by atoms with Crippen LogP contribution in [0.4, 0.5) is 0 Å². The van der Waals surface area contributed by atoms with Gasteiger partial charge in [-0.25, -0.2) is 0 Å². The van der Waals surface area contributed by atoms with Crippen molar-refractivity contribution in [1.29, 1.82) is 0 Å². The van der Waals surface area contributed by atoms with Crippen molar-refractivity contribution in [2.45, 2.75) is 12.8 Å². The molecule has 0 aromatic heterocycles. The zero-order chi connectivity index (χ0) is 12.3. The van der Waals surface area contributed by atoms with Gasteiger partial charge in [0.2, 0.25) is 5.91 Å². The second-order valence-corrected chi connectivity index (χ2v) is 4.08. The number of hydrogen-bond donors (Lipinski definition) is 1. The Kier molecular flexibility index (Phi) is 3.24. The van der Waals surface area contributed by atoms with E-state index in [0.717, 1.165) is 5.56 Å². The van der Waals surface area contributed by atoms with Crippen LogP contribution in [0.3, 0.4) is 0 Å². The summed E-state index contributed by atoms with van der Waals surface area (Å²) in [6, 6.07) is 17.6. The Hall–Kier alpha value is -2.09. The number of amides is 1. The van der Waals surface area contributed by atoms with Gasteiger partial charge < -0.3 is 5.73 Å². The molecule has 2 N–H and O–H groups in total. The first-order valence-electron chi connectivity index (χ1n) is 5.64. The minimum absolute atomic E-state index is 0.167. The lowest BCUT2D eigenvalue weighted by molar-refractivity contribution is 0.0999. The number of rotatable bonds is 3. The molecule has 2 aromatic rings. The average Bonchev–Trinajstić information content (AvgIpc) is 2.39. The fraction of sp³-hybridized carbons (Fsp3) is 0.133. The normalized spacial score (nSPS) is 12.1. The molecule has 0 unspecified atom stereocenters. The molecule has 0 saturated carbocycles. The molecule has 86 valence electrons. The van der Waals surface area contributed by atoms with Gasteiger partial charge in [0.25, 0.3) is 0 Å². The summed E-state index contributed by atoms with van der Waals surface area (Å²) in [7, 11) is 0. The van der Waals surface area contributed by atoms with Gasteiger partial charge in [-0.1, -0.05) is 55.5 Å². The van der Waals surface area contributed by atoms with E-state index in [4.69, 9.17) is 5.73 Å². The molecule has 2 nitrogen and oxygen atoms in total. The summed E-state index contributed by atoms with van der Waals surface area (Å²) >= 11 is 0. The lowest BCUT2D eigenvalue weighted by atomic mass is 9.89. The highest BCUT2D eigenvalue weighted by Crippen LogP contribution is 2.26. The molecule has 0 spiro atoms. The van der Waals surface area contributed by atoms with Crippen molar-refractivity contribution >= 4 is 5.91 Å². The SMILES string of the molecule is C[C@H](c1ccccc1)c1ccccc1C(N)=O. The van der Waals surface area contributed by atoms with Crippen LogP contribution >= 0.6 is 0 Å². The van der Waals surface area contributed by atoms with Gasteiger partial charge in [0, 0.05) is 11.5 Å². The molecule has 0 radical (unpaired) electrons. The maximum atomic E-state index is 11.4. The summed E-state index contributed by atoms with van der Waals surface area (Å²) in [4.78, 5) is 11.4. The van der Waals surface area contributed by atoms with Crippen LogP contribution in [0, 0.1) is 0 Å². The van der Waals surface area contributed by atoms with Gasteiger partial charge in [-0.3, -0.25) is 4.79 Å². The summed E-state index contributed by atoms with van der Waals surface area (Å²) in [5, 5.41) is 0. The van der Waals surface area contributed by atoms with Crippen molar-refractivity contribution in [1.82, 2.24) is 0 Å². The van der Waals surface area contributed by atoms with E-state index in [0.29, 0.717) is 5.56 Å². The van der Waals surface area contributed by atoms with E-state index in [-0.39, 0.29) is 11.8 Å². The molecule has 1 amide bonds. The highest BCUT2D eigenvalue weighted by molar-refractivity contribution is 5.94. The molecule has 0 bridgehead atoms. The highest BCUT2D eigenvalue weighted by Gasteiger charge is 2.14. The van der Waals surface area contributed by atoms with Gasteiger partial charge >= 0.3 is 0 Å². The van der Waals surface area contributed by atoms with E-state index in [1.165, 1.54) is 5.56 Å². The second kappa shape index (κ2) is 4.83. The van der Waals surface area contributed by atoms with Crippen molar-refractivity contribution in [2.75, 3.05) is 0 Å². The van der Waals surface area contributed by atoms with Crippen LogP contribution < -0.4 is 5.73 Å². The van der Waals surface area contributed by atoms with E-state index in [1.807, 2.05) is 36.4 Å². The van der Waals surface area contributed by atoms with E-state index >= 15 is 0 Å². The number of benzene rings is 2. The Bertz CT molecular complexity index is 519. The van der Waals surface area contributed by atoms with Crippen molar-refractivity contribution in [3.05, 3.63) is 71.3 Å². The molecule has 0 aliphatic rings. The van der Waals surface area contributed by atoms with E-state index in [1.54, 1.807) is 6.07 Å². The molecule has 0 fully saturated rings. The zero-order valence-corrected chi connectivity index (χ0v) is 9.76. The molecular formula is C15H15NO. The molecule has 0 heterocycles. The fourth-order valence-corrected chi connectivity index (χ4v) is 2.02. The first kappa shape index (κ1) is 11.4. The number of carbonyl (C=O) groups excluding carboxylic acids is 1. The predicted octanol–water partition coefficient (Wildman–Crippen LogP) is 2.94. The first-order valence-corrected chi connectivity index (χ1v) is 5.64. The van der Waals surface area contributed by atoms with E-state index in [2.05, 4.69) is 19.1 Å². The molecule has 1 atom stereocenters. The molecule has 0 saturated heterocycles. The standard InChI is InChI=1S/C15H15NO/c1-11(12-7-3-2-4-8-12)13-9-5-6-10-14(13)15(16)17/h2-11H,1H3,(H2,16,17)/t11-/m1/s1. The molecular weight excluding hydrogens is 210 g/mol. The number of primary amides is 1. The van der Waals surface area contributed by atoms with E-state index in [9.17, 15) is 4.79 Å². The fourth-order valence-electron chi connectivity index (χ4n) is 2.02. The third kappa shape index (κ3) is 2.36. The lowest BCUT2D eigenvalue weighted by Gasteiger charge is -2.15. The second-order valence-electron chi connectivity index (χ2n) is 4.08. The van der Waals surface area contributed by atoms with E-state index < -0.39 is 0 Å². The van der Waals surface area contributed by atoms with Crippen LogP contribution in [0.25, 0.3) is 0 Å². The quantitative estimate of drug-likeness (QED) is 0.857. The monoisotopic (exact) mass is 225 g/mol. The minimum atomic E-state index is -0.372. The van der Waals surface area contributed by atoms with Gasteiger partial charge in [0.15, 0.2) is 0 Å². The van der Waals surface area contributed by atoms with Crippen molar-refractivity contribution in [3.8, 4) is 0 Å². The molecule has 2 heteroatoms. The Labute approximate surface area is 101 Å². The number of carbonyl (C=O) groups is 1. The van der Waals surface area contributed by atoms with Crippen molar-refractivity contribution < 1.29 is 4.79 Å². The Morgan fingerprint density at radius 2 is 1.59 bits per heavy atom. The van der Waals surface area contributed by atoms with Crippen LogP contribution in [0.1, 0.15) is 34.3 Å². The highest BCUT2D eigenvalue weighted by atomic mass is 16.1. The van der Waals surface area contributed by atoms with Crippen LogP contribution in [-0.2, 0) is 0 Å². The summed E-state index contributed by atoms with van der Waals surface area (Å²) in [5.41, 5.74) is 8.15. The molecule has 2 aromatic carbocycles. The van der Waals surface area contributed by atoms with Crippen LogP contribution in [-0.4, -0.2) is 5.91 Å². The molecule has 2 rings (SSSR count). The molecule has 0 aliphatic carbocycles. The molecule has 0 aliphatic heterocycles. The number of hydrogen-bond acceptors (Lipinski definition) is 1. The van der Waals surface area contributed by atoms with Crippen LogP contribution in [0.2, 0.25) is 0 Å². The van der Waals surface area contributed by atoms with Gasteiger partial charge in [-0.2, -0.15) is 0 Å². The summed E-state index contributed by atoms with van der Waals surface area (Å²) in [6.45, 7) is 2.08. The molecule has 17 heavy (non-hydrogen) atoms. The largest absolute Gasteiger partial charge is 0.366 e. The minimum Gasteiger partial charge on any atom is -0.366 e. The summed E-state index contributed by atoms with van der Waals surface area (Å²) in [6.07, 6.45) is 0. The third-order valence-electron chi connectivity index (χ3n) is 2.99. The zero-order valence-electron chi connectivity index (χ0n) is 9.76. The Morgan fingerprint density at radius 1 is 1.00 bits per heavy atom. The summed E-state index contributed by atoms with van der Waals surface area (Å²) < 4.78 is 0. The average molecular weight is 225 g/mol. The predicted molar refractivity (Wildman–Crippen MR) is 68.9 cm³/mol. The Balaban J connectivity index is 2.44. The first-order chi connectivity index (χ1) is 8.20. The van der Waals surface area contributed by atoms with Gasteiger partial charge in [-0.15, -0.1) is 0 Å². The van der Waals surface area contributed by atoms with Gasteiger partial charge in [0.05, 0.1) is 0 Å². The number of nitrogens with two attached hydrogens (primary N) is 1. The maximum absolute atomic E-state index is 11.4. The van der Waals surface area contributed by atoms with Crippen LogP contribution in [0.5, 0.6) is 0 Å². The van der Waals surface area contributed by atoms with Gasteiger partial charge in [-0.05, 0) is 17.2 Å². The smallest absolute Gasteiger partial charge is 0.248 e. The van der Waals surface area contributed by atoms with Crippen LogP contribution in [0.15, 0.2) is 54.6 Å². The summed E-state index contributed by atoms with van der Waals surface area (Å²) in [5.74, 6) is -0.205.